The number of aromatic nitrogens is 1. The van der Waals surface area contributed by atoms with E-state index < -0.39 is 0 Å². The third kappa shape index (κ3) is 3.28. The van der Waals surface area contributed by atoms with Crippen molar-refractivity contribution in [3.05, 3.63) is 24.0 Å². The molecule has 0 bridgehead atoms. The Hall–Kier alpha value is -0.470. The van der Waals surface area contributed by atoms with Gasteiger partial charge in [0.2, 0.25) is 0 Å². The molecule has 0 saturated carbocycles. The van der Waals surface area contributed by atoms with Gasteiger partial charge in [-0.3, -0.25) is 0 Å². The van der Waals surface area contributed by atoms with Crippen LogP contribution in [0.5, 0.6) is 0 Å². The van der Waals surface area contributed by atoms with Gasteiger partial charge < -0.3 is 9.88 Å². The lowest BCUT2D eigenvalue weighted by molar-refractivity contribution is 0.325. The Labute approximate surface area is 78.5 Å². The highest BCUT2D eigenvalue weighted by Gasteiger charge is 1.98. The fraction of sp³-hybridized carbons (Fsp3) is 0.556. The predicted octanol–water partition coefficient (Wildman–Crippen LogP) is 2.08. The third-order valence-corrected chi connectivity index (χ3v) is 2.04. The highest BCUT2D eigenvalue weighted by molar-refractivity contribution is 6.17. The molecule has 0 aliphatic heterocycles. The molecule has 0 saturated heterocycles. The molecule has 1 rings (SSSR count). The summed E-state index contributed by atoms with van der Waals surface area (Å²) in [6, 6.07) is 4.11. The van der Waals surface area contributed by atoms with Crippen LogP contribution >= 0.6 is 11.6 Å². The molecule has 3 heteroatoms. The van der Waals surface area contributed by atoms with Gasteiger partial charge in [0.15, 0.2) is 0 Å². The van der Waals surface area contributed by atoms with Crippen molar-refractivity contribution < 1.29 is 0 Å². The first-order valence-corrected chi connectivity index (χ1v) is 4.73. The summed E-state index contributed by atoms with van der Waals surface area (Å²) in [4.78, 5) is 5.43. The van der Waals surface area contributed by atoms with Gasteiger partial charge in [0.25, 0.3) is 0 Å². The molecule has 0 aliphatic carbocycles. The lowest BCUT2D eigenvalue weighted by Gasteiger charge is -2.14. The predicted molar refractivity (Wildman–Crippen MR) is 52.5 cm³/mol. The number of nitrogens with one attached hydrogen (secondary N) is 1. The lowest BCUT2D eigenvalue weighted by atomic mass is 10.3. The first kappa shape index (κ1) is 9.62. The number of hydrogen-bond acceptors (Lipinski definition) is 1. The van der Waals surface area contributed by atoms with E-state index in [0.29, 0.717) is 0 Å². The molecule has 12 heavy (non-hydrogen) atoms. The van der Waals surface area contributed by atoms with Crippen LogP contribution in [0, 0.1) is 0 Å². The molecular formula is C9H15ClN2. The summed E-state index contributed by atoms with van der Waals surface area (Å²) in [6.45, 7) is 2.03. The molecule has 0 fully saturated rings. The number of nitrogens with zero attached hydrogens (tertiary/aromatic N) is 1. The Morgan fingerprint density at radius 1 is 1.58 bits per heavy atom. The maximum atomic E-state index is 5.59. The number of H-pyrrole nitrogens is 1. The summed E-state index contributed by atoms with van der Waals surface area (Å²) in [7, 11) is 2.10. The van der Waals surface area contributed by atoms with Gasteiger partial charge in [-0.15, -0.1) is 11.6 Å². The first-order chi connectivity index (χ1) is 5.83. The molecule has 1 N–H and O–H groups in total. The zero-order chi connectivity index (χ0) is 8.81. The van der Waals surface area contributed by atoms with Crippen molar-refractivity contribution in [3.8, 4) is 0 Å². The second-order valence-corrected chi connectivity index (χ2v) is 3.35. The summed E-state index contributed by atoms with van der Waals surface area (Å²) < 4.78 is 0. The summed E-state index contributed by atoms with van der Waals surface area (Å²) in [5.74, 6) is 0.745. The van der Waals surface area contributed by atoms with Crippen LogP contribution in [-0.2, 0) is 6.54 Å². The number of hydrogen-bond donors (Lipinski definition) is 1. The van der Waals surface area contributed by atoms with Crippen LogP contribution in [0.2, 0.25) is 0 Å². The van der Waals surface area contributed by atoms with Crippen molar-refractivity contribution in [1.82, 2.24) is 9.88 Å². The number of alkyl halides is 1. The van der Waals surface area contributed by atoms with Gasteiger partial charge in [0.05, 0.1) is 0 Å². The number of rotatable bonds is 5. The van der Waals surface area contributed by atoms with E-state index in [2.05, 4.69) is 23.0 Å². The van der Waals surface area contributed by atoms with Crippen molar-refractivity contribution in [3.63, 3.8) is 0 Å². The van der Waals surface area contributed by atoms with E-state index in [1.807, 2.05) is 12.3 Å². The molecule has 0 amide bonds. The van der Waals surface area contributed by atoms with Crippen molar-refractivity contribution in [1.29, 1.82) is 0 Å². The minimum absolute atomic E-state index is 0.745. The van der Waals surface area contributed by atoms with E-state index in [1.165, 1.54) is 5.69 Å². The molecule has 0 aromatic carbocycles. The largest absolute Gasteiger partial charge is 0.364 e. The monoisotopic (exact) mass is 186 g/mol. The van der Waals surface area contributed by atoms with Crippen molar-refractivity contribution in [2.75, 3.05) is 19.5 Å². The fourth-order valence-corrected chi connectivity index (χ4v) is 1.28. The van der Waals surface area contributed by atoms with Crippen LogP contribution in [0.3, 0.4) is 0 Å². The standard InChI is InChI=1S/C9H15ClN2/c1-12(7-3-5-10)8-9-4-2-6-11-9/h2,4,6,11H,3,5,7-8H2,1H3. The summed E-state index contributed by atoms with van der Waals surface area (Å²) in [5, 5.41) is 0. The molecule has 0 atom stereocenters. The average Bonchev–Trinajstić information content (AvgIpc) is 2.53. The smallest absolute Gasteiger partial charge is 0.0382 e. The first-order valence-electron chi connectivity index (χ1n) is 4.19. The van der Waals surface area contributed by atoms with E-state index in [9.17, 15) is 0 Å². The van der Waals surface area contributed by atoms with Crippen molar-refractivity contribution in [2.45, 2.75) is 13.0 Å². The fourth-order valence-electron chi connectivity index (χ4n) is 1.17. The van der Waals surface area contributed by atoms with Gasteiger partial charge in [-0.1, -0.05) is 0 Å². The highest BCUT2D eigenvalue weighted by Crippen LogP contribution is 2.00. The molecular weight excluding hydrogens is 172 g/mol. The highest BCUT2D eigenvalue weighted by atomic mass is 35.5. The molecule has 0 aliphatic rings. The topological polar surface area (TPSA) is 19.0 Å². The lowest BCUT2D eigenvalue weighted by Crippen LogP contribution is -2.19. The minimum atomic E-state index is 0.745. The van der Waals surface area contributed by atoms with Crippen LogP contribution in [0.1, 0.15) is 12.1 Å². The van der Waals surface area contributed by atoms with Gasteiger partial charge in [-0.2, -0.15) is 0 Å². The van der Waals surface area contributed by atoms with Crippen LogP contribution in [-0.4, -0.2) is 29.4 Å². The Bertz CT molecular complexity index is 196. The van der Waals surface area contributed by atoms with Gasteiger partial charge in [-0.25, -0.2) is 0 Å². The van der Waals surface area contributed by atoms with Crippen LogP contribution < -0.4 is 0 Å². The maximum Gasteiger partial charge on any atom is 0.0382 e. The number of aromatic amines is 1. The van der Waals surface area contributed by atoms with Gasteiger partial charge in [0.1, 0.15) is 0 Å². The van der Waals surface area contributed by atoms with E-state index >= 15 is 0 Å². The molecule has 0 radical (unpaired) electrons. The number of halogens is 1. The SMILES string of the molecule is CN(CCCCl)Cc1ccc[nH]1. The molecule has 1 aromatic rings. The zero-order valence-electron chi connectivity index (χ0n) is 7.39. The minimum Gasteiger partial charge on any atom is -0.364 e. The quantitative estimate of drug-likeness (QED) is 0.698. The van der Waals surface area contributed by atoms with Crippen molar-refractivity contribution in [2.24, 2.45) is 0 Å². The second-order valence-electron chi connectivity index (χ2n) is 2.98. The van der Waals surface area contributed by atoms with Gasteiger partial charge >= 0.3 is 0 Å². The van der Waals surface area contributed by atoms with Crippen molar-refractivity contribution >= 4 is 11.6 Å². The molecule has 0 spiro atoms. The summed E-state index contributed by atoms with van der Waals surface area (Å²) in [5.41, 5.74) is 1.26. The van der Waals surface area contributed by atoms with Crippen LogP contribution in [0.4, 0.5) is 0 Å². The summed E-state index contributed by atoms with van der Waals surface area (Å²) in [6.07, 6.45) is 3.00. The molecule has 0 unspecified atom stereocenters. The maximum absolute atomic E-state index is 5.59. The third-order valence-electron chi connectivity index (χ3n) is 1.78. The molecule has 1 aromatic heterocycles. The molecule has 68 valence electrons. The Kier molecular flexibility index (Phi) is 4.19. The average molecular weight is 187 g/mol. The van der Waals surface area contributed by atoms with E-state index in [0.717, 1.165) is 25.4 Å². The zero-order valence-corrected chi connectivity index (χ0v) is 8.14. The molecule has 1 heterocycles. The van der Waals surface area contributed by atoms with Gasteiger partial charge in [0, 0.05) is 24.3 Å². The normalized spacial score (nSPS) is 10.9. The van der Waals surface area contributed by atoms with E-state index in [1.54, 1.807) is 0 Å². The Morgan fingerprint density at radius 3 is 3.00 bits per heavy atom. The van der Waals surface area contributed by atoms with Gasteiger partial charge in [-0.05, 0) is 32.1 Å². The van der Waals surface area contributed by atoms with E-state index in [4.69, 9.17) is 11.6 Å². The Balaban J connectivity index is 2.22. The van der Waals surface area contributed by atoms with Crippen LogP contribution in [0.25, 0.3) is 0 Å². The second kappa shape index (κ2) is 5.22. The van der Waals surface area contributed by atoms with Crippen LogP contribution in [0.15, 0.2) is 18.3 Å². The molecule has 2 nitrogen and oxygen atoms in total. The Morgan fingerprint density at radius 2 is 2.42 bits per heavy atom. The summed E-state index contributed by atoms with van der Waals surface area (Å²) >= 11 is 5.59. The van der Waals surface area contributed by atoms with E-state index in [-0.39, 0.29) is 0 Å².